The van der Waals surface area contributed by atoms with Crippen molar-refractivity contribution in [2.75, 3.05) is 0 Å². The molecule has 0 aromatic rings. The van der Waals surface area contributed by atoms with Gasteiger partial charge in [0.1, 0.15) is 0 Å². The van der Waals surface area contributed by atoms with Gasteiger partial charge < -0.3 is 10.2 Å². The fraction of sp³-hybridized carbons (Fsp3) is 1.00. The van der Waals surface area contributed by atoms with E-state index in [1.54, 1.807) is 0 Å². The summed E-state index contributed by atoms with van der Waals surface area (Å²) in [6.45, 7) is 6.50. The highest BCUT2D eigenvalue weighted by Crippen LogP contribution is 2.17. The van der Waals surface area contributed by atoms with Crippen molar-refractivity contribution in [3.05, 3.63) is 0 Å². The first-order valence-electron chi connectivity index (χ1n) is 4.90. The van der Waals surface area contributed by atoms with Gasteiger partial charge in [-0.25, -0.2) is 0 Å². The van der Waals surface area contributed by atoms with Crippen LogP contribution in [0.4, 0.5) is 0 Å². The molecule has 0 heterocycles. The summed E-state index contributed by atoms with van der Waals surface area (Å²) in [5.41, 5.74) is 0. The molecule has 2 unspecified atom stereocenters. The molecular weight excluding hydrogens is 152 g/mol. The molecule has 2 heteroatoms. The molecule has 0 saturated heterocycles. The lowest BCUT2D eigenvalue weighted by Crippen LogP contribution is -2.28. The monoisotopic (exact) mass is 174 g/mol. The van der Waals surface area contributed by atoms with E-state index in [4.69, 9.17) is 10.2 Å². The van der Waals surface area contributed by atoms with Crippen LogP contribution < -0.4 is 0 Å². The molecule has 0 spiro atoms. The van der Waals surface area contributed by atoms with Crippen LogP contribution in [0, 0.1) is 5.92 Å². The molecule has 74 valence electrons. The quantitative estimate of drug-likeness (QED) is 0.589. The first kappa shape index (κ1) is 11.9. The minimum Gasteiger partial charge on any atom is -0.390 e. The predicted octanol–water partition coefficient (Wildman–Crippen LogP) is 1.94. The van der Waals surface area contributed by atoms with E-state index in [0.717, 1.165) is 31.6 Å². The van der Waals surface area contributed by atoms with Crippen LogP contribution in [0.2, 0.25) is 0 Å². The van der Waals surface area contributed by atoms with Gasteiger partial charge in [-0.3, -0.25) is 0 Å². The molecule has 2 nitrogen and oxygen atoms in total. The molecule has 2 atom stereocenters. The number of hydrogen-bond donors (Lipinski definition) is 2. The van der Waals surface area contributed by atoms with Crippen molar-refractivity contribution >= 4 is 0 Å². The number of aliphatic hydroxyl groups excluding tert-OH is 2. The van der Waals surface area contributed by atoms with Crippen molar-refractivity contribution in [2.24, 2.45) is 5.92 Å². The Labute approximate surface area is 75.6 Å². The van der Waals surface area contributed by atoms with Crippen LogP contribution >= 0.6 is 0 Å². The van der Waals surface area contributed by atoms with Gasteiger partial charge >= 0.3 is 0 Å². The molecular formula is C10H22O2. The van der Waals surface area contributed by atoms with Crippen molar-refractivity contribution in [1.29, 1.82) is 0 Å². The Kier molecular flexibility index (Phi) is 6.39. The summed E-state index contributed by atoms with van der Waals surface area (Å²) in [7, 11) is 0. The number of hydrogen-bond acceptors (Lipinski definition) is 2. The minimum atomic E-state index is -0.441. The van der Waals surface area contributed by atoms with Crippen molar-refractivity contribution in [1.82, 2.24) is 0 Å². The number of rotatable bonds is 0. The SMILES string of the molecule is CC(C)C.OC1CCCCC1O. The van der Waals surface area contributed by atoms with Gasteiger partial charge in [-0.05, 0) is 18.8 Å². The Balaban J connectivity index is 0.000000261. The first-order chi connectivity index (χ1) is 5.54. The lowest BCUT2D eigenvalue weighted by Gasteiger charge is -2.22. The van der Waals surface area contributed by atoms with Gasteiger partial charge in [0, 0.05) is 0 Å². The normalized spacial score (nSPS) is 29.5. The molecule has 1 saturated carbocycles. The highest BCUT2D eigenvalue weighted by atomic mass is 16.3. The Morgan fingerprint density at radius 3 is 1.33 bits per heavy atom. The summed E-state index contributed by atoms with van der Waals surface area (Å²) in [6.07, 6.45) is 2.81. The van der Waals surface area contributed by atoms with Gasteiger partial charge in [0.25, 0.3) is 0 Å². The molecule has 0 aromatic carbocycles. The second-order valence-corrected chi connectivity index (χ2v) is 4.15. The van der Waals surface area contributed by atoms with Gasteiger partial charge in [0.15, 0.2) is 0 Å². The maximum atomic E-state index is 8.93. The van der Waals surface area contributed by atoms with Crippen LogP contribution in [0.1, 0.15) is 46.5 Å². The van der Waals surface area contributed by atoms with E-state index in [1.165, 1.54) is 0 Å². The fourth-order valence-corrected chi connectivity index (χ4v) is 1.09. The van der Waals surface area contributed by atoms with E-state index in [0.29, 0.717) is 0 Å². The molecule has 0 radical (unpaired) electrons. The van der Waals surface area contributed by atoms with Crippen molar-refractivity contribution in [3.8, 4) is 0 Å². The molecule has 1 rings (SSSR count). The van der Waals surface area contributed by atoms with E-state index in [-0.39, 0.29) is 0 Å². The summed E-state index contributed by atoms with van der Waals surface area (Å²) in [5.74, 6) is 0.833. The van der Waals surface area contributed by atoms with E-state index in [1.807, 2.05) is 0 Å². The Morgan fingerprint density at radius 2 is 1.17 bits per heavy atom. The van der Waals surface area contributed by atoms with Crippen molar-refractivity contribution in [2.45, 2.75) is 58.7 Å². The Bertz CT molecular complexity index is 89.3. The van der Waals surface area contributed by atoms with Gasteiger partial charge in [0.05, 0.1) is 12.2 Å². The van der Waals surface area contributed by atoms with Crippen LogP contribution in [0.25, 0.3) is 0 Å². The van der Waals surface area contributed by atoms with Gasteiger partial charge in [-0.2, -0.15) is 0 Å². The average Bonchev–Trinajstić information content (AvgIpc) is 1.94. The maximum absolute atomic E-state index is 8.93. The molecule has 0 amide bonds. The van der Waals surface area contributed by atoms with E-state index in [2.05, 4.69) is 20.8 Å². The third kappa shape index (κ3) is 6.62. The third-order valence-corrected chi connectivity index (χ3v) is 1.69. The summed E-state index contributed by atoms with van der Waals surface area (Å²) >= 11 is 0. The molecule has 1 aliphatic rings. The lowest BCUT2D eigenvalue weighted by molar-refractivity contribution is -0.00865. The largest absolute Gasteiger partial charge is 0.390 e. The topological polar surface area (TPSA) is 40.5 Å². The molecule has 1 fully saturated rings. The summed E-state index contributed by atoms with van der Waals surface area (Å²) < 4.78 is 0. The molecule has 0 aliphatic heterocycles. The van der Waals surface area contributed by atoms with Gasteiger partial charge in [0.2, 0.25) is 0 Å². The van der Waals surface area contributed by atoms with E-state index in [9.17, 15) is 0 Å². The van der Waals surface area contributed by atoms with Crippen LogP contribution in [-0.2, 0) is 0 Å². The zero-order valence-electron chi connectivity index (χ0n) is 8.45. The van der Waals surface area contributed by atoms with Crippen molar-refractivity contribution in [3.63, 3.8) is 0 Å². The van der Waals surface area contributed by atoms with E-state index < -0.39 is 12.2 Å². The smallest absolute Gasteiger partial charge is 0.0799 e. The Morgan fingerprint density at radius 1 is 0.917 bits per heavy atom. The maximum Gasteiger partial charge on any atom is 0.0799 e. The van der Waals surface area contributed by atoms with Gasteiger partial charge in [-0.1, -0.05) is 33.6 Å². The highest BCUT2D eigenvalue weighted by Gasteiger charge is 2.19. The zero-order valence-corrected chi connectivity index (χ0v) is 8.45. The highest BCUT2D eigenvalue weighted by molar-refractivity contribution is 4.72. The fourth-order valence-electron chi connectivity index (χ4n) is 1.09. The third-order valence-electron chi connectivity index (χ3n) is 1.69. The minimum absolute atomic E-state index is 0.441. The predicted molar refractivity (Wildman–Crippen MR) is 51.0 cm³/mol. The average molecular weight is 174 g/mol. The standard InChI is InChI=1S/C6H12O2.C4H10/c7-5-3-1-2-4-6(5)8;1-4(2)3/h5-8H,1-4H2;4H,1-3H3. The number of aliphatic hydroxyl groups is 2. The molecule has 12 heavy (non-hydrogen) atoms. The van der Waals surface area contributed by atoms with Crippen LogP contribution in [-0.4, -0.2) is 22.4 Å². The second-order valence-electron chi connectivity index (χ2n) is 4.15. The summed E-state index contributed by atoms with van der Waals surface area (Å²) in [6, 6.07) is 0. The molecule has 1 aliphatic carbocycles. The van der Waals surface area contributed by atoms with Crippen LogP contribution in [0.5, 0.6) is 0 Å². The van der Waals surface area contributed by atoms with Crippen LogP contribution in [0.15, 0.2) is 0 Å². The molecule has 2 N–H and O–H groups in total. The first-order valence-corrected chi connectivity index (χ1v) is 4.90. The summed E-state index contributed by atoms with van der Waals surface area (Å²) in [5, 5.41) is 17.9. The summed E-state index contributed by atoms with van der Waals surface area (Å²) in [4.78, 5) is 0. The second kappa shape index (κ2) is 6.44. The molecule has 0 aromatic heterocycles. The molecule has 0 bridgehead atoms. The van der Waals surface area contributed by atoms with E-state index >= 15 is 0 Å². The van der Waals surface area contributed by atoms with Crippen LogP contribution in [0.3, 0.4) is 0 Å². The zero-order chi connectivity index (χ0) is 9.56. The lowest BCUT2D eigenvalue weighted by atomic mass is 9.95. The Hall–Kier alpha value is -0.0800. The van der Waals surface area contributed by atoms with Gasteiger partial charge in [-0.15, -0.1) is 0 Å². The van der Waals surface area contributed by atoms with Crippen molar-refractivity contribution < 1.29 is 10.2 Å².